The Bertz CT molecular complexity index is 1040. The fourth-order valence-corrected chi connectivity index (χ4v) is 3.49. The van der Waals surface area contributed by atoms with Crippen molar-refractivity contribution in [2.24, 2.45) is 0 Å². The molecule has 0 saturated carbocycles. The molecule has 4 rings (SSSR count). The number of hydrogen-bond acceptors (Lipinski definition) is 6. The van der Waals surface area contributed by atoms with Crippen molar-refractivity contribution >= 4 is 29.1 Å². The number of amides is 2. The average molecular weight is 382 g/mol. The van der Waals surface area contributed by atoms with Crippen LogP contribution in [0.15, 0.2) is 53.9 Å². The first-order chi connectivity index (χ1) is 13.0. The molecule has 0 atom stereocenters. The average Bonchev–Trinajstić information content (AvgIpc) is 3.21. The largest absolute Gasteiger partial charge is 0.339 e. The topological polar surface area (TPSA) is 76.6 Å². The molecule has 27 heavy (non-hydrogen) atoms. The van der Waals surface area contributed by atoms with E-state index in [0.29, 0.717) is 21.3 Å². The minimum Gasteiger partial charge on any atom is -0.329 e. The first kappa shape index (κ1) is 17.0. The van der Waals surface area contributed by atoms with Gasteiger partial charge in [0.25, 0.3) is 11.8 Å². The van der Waals surface area contributed by atoms with Crippen molar-refractivity contribution < 1.29 is 23.6 Å². The van der Waals surface area contributed by atoms with E-state index in [2.05, 4.69) is 4.98 Å². The summed E-state index contributed by atoms with van der Waals surface area (Å²) >= 11 is 1.25. The van der Waals surface area contributed by atoms with Crippen molar-refractivity contribution in [2.75, 3.05) is 0 Å². The zero-order valence-electron chi connectivity index (χ0n) is 13.7. The number of benzene rings is 2. The van der Waals surface area contributed by atoms with Crippen LogP contribution in [0.2, 0.25) is 0 Å². The summed E-state index contributed by atoms with van der Waals surface area (Å²) < 4.78 is 13.3. The molecule has 0 bridgehead atoms. The van der Waals surface area contributed by atoms with E-state index < -0.39 is 17.8 Å². The van der Waals surface area contributed by atoms with E-state index in [4.69, 9.17) is 4.84 Å². The summed E-state index contributed by atoms with van der Waals surface area (Å²) in [5.74, 6) is -2.53. The summed E-state index contributed by atoms with van der Waals surface area (Å²) in [6.45, 7) is 0. The SMILES string of the molecule is O=C(Cc1csc(-c2cccc(F)c2)n1)ON1C(=O)c2ccccc2C1=O. The molecule has 0 N–H and O–H groups in total. The van der Waals surface area contributed by atoms with Gasteiger partial charge in [-0.1, -0.05) is 29.3 Å². The fraction of sp³-hybridized carbons (Fsp3) is 0.0526. The summed E-state index contributed by atoms with van der Waals surface area (Å²) in [6.07, 6.45) is -0.223. The van der Waals surface area contributed by atoms with Gasteiger partial charge in [-0.3, -0.25) is 9.59 Å². The number of rotatable bonds is 4. The van der Waals surface area contributed by atoms with E-state index in [0.717, 1.165) is 0 Å². The first-order valence-electron chi connectivity index (χ1n) is 7.92. The number of aromatic nitrogens is 1. The molecule has 2 aromatic carbocycles. The standard InChI is InChI=1S/C19H11FN2O4S/c20-12-5-3-4-11(8-12)17-21-13(10-27-17)9-16(23)26-22-18(24)14-6-1-2-7-15(14)19(22)25/h1-8,10H,9H2. The molecular formula is C19H11FN2O4S. The van der Waals surface area contributed by atoms with Crippen LogP contribution in [0.25, 0.3) is 10.6 Å². The number of fused-ring (bicyclic) bond motifs is 1. The second kappa shape index (κ2) is 6.73. The lowest BCUT2D eigenvalue weighted by Crippen LogP contribution is -2.33. The first-order valence-corrected chi connectivity index (χ1v) is 8.80. The minimum absolute atomic E-state index is 0.192. The molecular weight excluding hydrogens is 371 g/mol. The number of carbonyl (C=O) groups is 3. The third-order valence-electron chi connectivity index (χ3n) is 3.90. The van der Waals surface area contributed by atoms with Crippen molar-refractivity contribution in [3.8, 4) is 10.6 Å². The Kier molecular flexibility index (Phi) is 4.25. The van der Waals surface area contributed by atoms with E-state index in [1.54, 1.807) is 29.6 Å². The van der Waals surface area contributed by atoms with E-state index in [-0.39, 0.29) is 23.4 Å². The highest BCUT2D eigenvalue weighted by atomic mass is 32.1. The van der Waals surface area contributed by atoms with Gasteiger partial charge in [0.2, 0.25) is 0 Å². The van der Waals surface area contributed by atoms with Gasteiger partial charge in [0.15, 0.2) is 0 Å². The zero-order valence-corrected chi connectivity index (χ0v) is 14.5. The van der Waals surface area contributed by atoms with E-state index >= 15 is 0 Å². The van der Waals surface area contributed by atoms with Crippen LogP contribution in [0.3, 0.4) is 0 Å². The molecule has 8 heteroatoms. The molecule has 3 aromatic rings. The highest BCUT2D eigenvalue weighted by Gasteiger charge is 2.38. The molecule has 1 aromatic heterocycles. The van der Waals surface area contributed by atoms with Crippen molar-refractivity contribution in [3.63, 3.8) is 0 Å². The lowest BCUT2D eigenvalue weighted by Gasteiger charge is -2.12. The summed E-state index contributed by atoms with van der Waals surface area (Å²) in [5.41, 5.74) is 1.38. The maximum absolute atomic E-state index is 13.3. The van der Waals surface area contributed by atoms with Gasteiger partial charge in [-0.15, -0.1) is 11.3 Å². The lowest BCUT2D eigenvalue weighted by atomic mass is 10.1. The third kappa shape index (κ3) is 3.22. The van der Waals surface area contributed by atoms with Crippen LogP contribution in [0.5, 0.6) is 0 Å². The molecule has 0 spiro atoms. The predicted octanol–water partition coefficient (Wildman–Crippen LogP) is 3.25. The number of nitrogens with zero attached hydrogens (tertiary/aromatic N) is 2. The van der Waals surface area contributed by atoms with Crippen molar-refractivity contribution in [1.82, 2.24) is 10.0 Å². The van der Waals surface area contributed by atoms with Gasteiger partial charge in [0.05, 0.1) is 23.2 Å². The summed E-state index contributed by atoms with van der Waals surface area (Å²) in [4.78, 5) is 45.8. The highest BCUT2D eigenvalue weighted by molar-refractivity contribution is 7.13. The monoisotopic (exact) mass is 382 g/mol. The third-order valence-corrected chi connectivity index (χ3v) is 4.84. The van der Waals surface area contributed by atoms with E-state index in [1.165, 1.54) is 35.6 Å². The van der Waals surface area contributed by atoms with Gasteiger partial charge in [-0.2, -0.15) is 0 Å². The number of carbonyl (C=O) groups excluding carboxylic acids is 3. The summed E-state index contributed by atoms with van der Waals surface area (Å²) in [6, 6.07) is 12.2. The van der Waals surface area contributed by atoms with Crippen LogP contribution in [0.4, 0.5) is 4.39 Å². The molecule has 2 amide bonds. The van der Waals surface area contributed by atoms with Gasteiger partial charge in [0.1, 0.15) is 10.8 Å². The van der Waals surface area contributed by atoms with Crippen LogP contribution in [0.1, 0.15) is 26.4 Å². The molecule has 0 fully saturated rings. The maximum Gasteiger partial charge on any atom is 0.339 e. The second-order valence-electron chi connectivity index (χ2n) is 5.74. The number of thiazole rings is 1. The van der Waals surface area contributed by atoms with Gasteiger partial charge < -0.3 is 4.84 Å². The number of hydrogen-bond donors (Lipinski definition) is 0. The van der Waals surface area contributed by atoms with Crippen LogP contribution in [0, 0.1) is 5.82 Å². The molecule has 1 aliphatic rings. The Morgan fingerprint density at radius 3 is 2.44 bits per heavy atom. The molecule has 134 valence electrons. The predicted molar refractivity (Wildman–Crippen MR) is 94.2 cm³/mol. The fourth-order valence-electron chi connectivity index (χ4n) is 2.67. The Morgan fingerprint density at radius 1 is 1.07 bits per heavy atom. The number of halogens is 1. The van der Waals surface area contributed by atoms with Gasteiger partial charge in [-0.05, 0) is 24.3 Å². The molecule has 6 nitrogen and oxygen atoms in total. The van der Waals surface area contributed by atoms with Gasteiger partial charge in [-0.25, -0.2) is 14.2 Å². The maximum atomic E-state index is 13.3. The van der Waals surface area contributed by atoms with Crippen LogP contribution in [-0.4, -0.2) is 27.8 Å². The quantitative estimate of drug-likeness (QED) is 0.648. The molecule has 0 unspecified atom stereocenters. The Labute approximate surface area is 156 Å². The second-order valence-corrected chi connectivity index (χ2v) is 6.60. The molecule has 0 saturated heterocycles. The Morgan fingerprint density at radius 2 is 1.78 bits per heavy atom. The Balaban J connectivity index is 1.45. The van der Waals surface area contributed by atoms with Crippen molar-refractivity contribution in [1.29, 1.82) is 0 Å². The van der Waals surface area contributed by atoms with E-state index in [1.807, 2.05) is 0 Å². The van der Waals surface area contributed by atoms with Crippen molar-refractivity contribution in [3.05, 3.63) is 76.5 Å². The van der Waals surface area contributed by atoms with Gasteiger partial charge >= 0.3 is 5.97 Å². The minimum atomic E-state index is -0.791. The normalized spacial score (nSPS) is 13.0. The summed E-state index contributed by atoms with van der Waals surface area (Å²) in [7, 11) is 0. The number of hydroxylamine groups is 2. The molecule has 0 radical (unpaired) electrons. The van der Waals surface area contributed by atoms with Crippen LogP contribution >= 0.6 is 11.3 Å². The lowest BCUT2D eigenvalue weighted by molar-refractivity contribution is -0.167. The van der Waals surface area contributed by atoms with Crippen molar-refractivity contribution in [2.45, 2.75) is 6.42 Å². The summed E-state index contributed by atoms with van der Waals surface area (Å²) in [5, 5.41) is 2.66. The van der Waals surface area contributed by atoms with Crippen LogP contribution < -0.4 is 0 Å². The zero-order chi connectivity index (χ0) is 19.0. The highest BCUT2D eigenvalue weighted by Crippen LogP contribution is 2.25. The Hall–Kier alpha value is -3.39. The molecule has 2 heterocycles. The smallest absolute Gasteiger partial charge is 0.329 e. The number of imide groups is 1. The molecule has 1 aliphatic heterocycles. The molecule has 0 aliphatic carbocycles. The van der Waals surface area contributed by atoms with Crippen LogP contribution in [-0.2, 0) is 16.1 Å². The van der Waals surface area contributed by atoms with E-state index in [9.17, 15) is 18.8 Å². The van der Waals surface area contributed by atoms with Gasteiger partial charge in [0, 0.05) is 10.9 Å².